The van der Waals surface area contributed by atoms with E-state index in [2.05, 4.69) is 5.32 Å². The molecule has 0 unspecified atom stereocenters. The smallest absolute Gasteiger partial charge is 0.251 e. The van der Waals surface area contributed by atoms with Crippen LogP contribution in [0.25, 0.3) is 0 Å². The SMILES string of the molecule is CCN(CC)S(=O)(=O)c1cc(C(=O)NCCN)ccc1C. The maximum atomic E-state index is 12.6. The van der Waals surface area contributed by atoms with Crippen LogP contribution >= 0.6 is 0 Å². The number of carbonyl (C=O) groups is 1. The number of hydrogen-bond acceptors (Lipinski definition) is 4. The second kappa shape index (κ2) is 7.53. The Bertz CT molecular complexity index is 595. The third-order valence-electron chi connectivity index (χ3n) is 3.20. The fraction of sp³-hybridized carbons (Fsp3) is 0.500. The van der Waals surface area contributed by atoms with Gasteiger partial charge in [-0.2, -0.15) is 4.31 Å². The summed E-state index contributed by atoms with van der Waals surface area (Å²) in [4.78, 5) is 12.1. The van der Waals surface area contributed by atoms with Crippen LogP contribution in [0.4, 0.5) is 0 Å². The van der Waals surface area contributed by atoms with Crippen molar-refractivity contribution in [2.45, 2.75) is 25.7 Å². The van der Waals surface area contributed by atoms with Crippen molar-refractivity contribution in [2.24, 2.45) is 5.73 Å². The summed E-state index contributed by atoms with van der Waals surface area (Å²) in [6.07, 6.45) is 0. The molecule has 118 valence electrons. The molecule has 0 heterocycles. The van der Waals surface area contributed by atoms with Crippen LogP contribution < -0.4 is 11.1 Å². The van der Waals surface area contributed by atoms with Crippen LogP contribution in [0.3, 0.4) is 0 Å². The molecule has 0 aromatic heterocycles. The van der Waals surface area contributed by atoms with Crippen LogP contribution in [-0.2, 0) is 10.0 Å². The average molecular weight is 313 g/mol. The molecule has 0 aliphatic carbocycles. The normalized spacial score (nSPS) is 11.7. The van der Waals surface area contributed by atoms with E-state index in [1.165, 1.54) is 10.4 Å². The highest BCUT2D eigenvalue weighted by Crippen LogP contribution is 2.21. The van der Waals surface area contributed by atoms with Crippen molar-refractivity contribution < 1.29 is 13.2 Å². The monoisotopic (exact) mass is 313 g/mol. The number of nitrogens with one attached hydrogen (secondary N) is 1. The summed E-state index contributed by atoms with van der Waals surface area (Å²) in [6.45, 7) is 6.76. The molecular weight excluding hydrogens is 290 g/mol. The van der Waals surface area contributed by atoms with E-state index in [0.717, 1.165) is 0 Å². The molecule has 1 amide bonds. The Morgan fingerprint density at radius 1 is 1.29 bits per heavy atom. The molecule has 0 saturated carbocycles. The Kier molecular flexibility index (Phi) is 6.32. The third kappa shape index (κ3) is 4.03. The fourth-order valence-corrected chi connectivity index (χ4v) is 3.72. The van der Waals surface area contributed by atoms with E-state index in [1.807, 2.05) is 0 Å². The topological polar surface area (TPSA) is 92.5 Å². The number of nitrogens with two attached hydrogens (primary N) is 1. The van der Waals surface area contributed by atoms with E-state index in [-0.39, 0.29) is 10.8 Å². The lowest BCUT2D eigenvalue weighted by atomic mass is 10.1. The molecule has 1 aromatic rings. The van der Waals surface area contributed by atoms with Crippen LogP contribution in [0, 0.1) is 6.92 Å². The van der Waals surface area contributed by atoms with E-state index >= 15 is 0 Å². The predicted octanol–water partition coefficient (Wildman–Crippen LogP) is 0.714. The van der Waals surface area contributed by atoms with E-state index in [4.69, 9.17) is 5.73 Å². The number of sulfonamides is 1. The second-order valence-electron chi connectivity index (χ2n) is 4.61. The highest BCUT2D eigenvalue weighted by atomic mass is 32.2. The Morgan fingerprint density at radius 3 is 2.43 bits per heavy atom. The molecule has 3 N–H and O–H groups in total. The van der Waals surface area contributed by atoms with Gasteiger partial charge in [0.05, 0.1) is 4.90 Å². The molecule has 0 spiro atoms. The summed E-state index contributed by atoms with van der Waals surface area (Å²) >= 11 is 0. The first kappa shape index (κ1) is 17.6. The first-order valence-corrected chi connectivity index (χ1v) is 8.41. The summed E-state index contributed by atoms with van der Waals surface area (Å²) in [5, 5.41) is 2.63. The van der Waals surface area contributed by atoms with Gasteiger partial charge in [-0.1, -0.05) is 19.9 Å². The molecule has 1 aromatic carbocycles. The Balaban J connectivity index is 3.22. The number of aryl methyl sites for hydroxylation is 1. The first-order valence-electron chi connectivity index (χ1n) is 6.97. The molecule has 21 heavy (non-hydrogen) atoms. The van der Waals surface area contributed by atoms with E-state index in [1.54, 1.807) is 32.9 Å². The molecule has 1 rings (SSSR count). The zero-order chi connectivity index (χ0) is 16.0. The number of amides is 1. The molecule has 0 bridgehead atoms. The number of nitrogens with zero attached hydrogens (tertiary/aromatic N) is 1. The van der Waals surface area contributed by atoms with Gasteiger partial charge in [-0.25, -0.2) is 8.42 Å². The van der Waals surface area contributed by atoms with Crippen LogP contribution in [0.15, 0.2) is 23.1 Å². The lowest BCUT2D eigenvalue weighted by Crippen LogP contribution is -2.32. The van der Waals surface area contributed by atoms with Gasteiger partial charge < -0.3 is 11.1 Å². The minimum atomic E-state index is -3.58. The molecule has 0 saturated heterocycles. The summed E-state index contributed by atoms with van der Waals surface area (Å²) in [5.74, 6) is -0.323. The lowest BCUT2D eigenvalue weighted by Gasteiger charge is -2.20. The van der Waals surface area contributed by atoms with Gasteiger partial charge in [-0.05, 0) is 24.6 Å². The van der Waals surface area contributed by atoms with Crippen molar-refractivity contribution in [2.75, 3.05) is 26.2 Å². The van der Waals surface area contributed by atoms with Gasteiger partial charge in [-0.3, -0.25) is 4.79 Å². The van der Waals surface area contributed by atoms with Crippen molar-refractivity contribution in [3.05, 3.63) is 29.3 Å². The van der Waals surface area contributed by atoms with Gasteiger partial charge in [0.15, 0.2) is 0 Å². The number of rotatable bonds is 7. The van der Waals surface area contributed by atoms with Gasteiger partial charge in [-0.15, -0.1) is 0 Å². The Hall–Kier alpha value is -1.44. The maximum absolute atomic E-state index is 12.6. The standard InChI is InChI=1S/C14H23N3O3S/c1-4-17(5-2)21(19,20)13-10-12(7-6-11(13)3)14(18)16-9-8-15/h6-7,10H,4-5,8-9,15H2,1-3H3,(H,16,18). The number of carbonyl (C=O) groups excluding carboxylic acids is 1. The maximum Gasteiger partial charge on any atom is 0.251 e. The van der Waals surface area contributed by atoms with Crippen LogP contribution in [-0.4, -0.2) is 44.8 Å². The molecule has 0 fully saturated rings. The summed E-state index contributed by atoms with van der Waals surface area (Å²) in [5.41, 5.74) is 6.28. The number of hydrogen-bond donors (Lipinski definition) is 2. The molecule has 6 nitrogen and oxygen atoms in total. The lowest BCUT2D eigenvalue weighted by molar-refractivity contribution is 0.0954. The van der Waals surface area contributed by atoms with Crippen LogP contribution in [0.5, 0.6) is 0 Å². The average Bonchev–Trinajstić information content (AvgIpc) is 2.46. The van der Waals surface area contributed by atoms with Crippen LogP contribution in [0.1, 0.15) is 29.8 Å². The number of benzene rings is 1. The molecule has 0 radical (unpaired) electrons. The quantitative estimate of drug-likeness (QED) is 0.775. The molecule has 0 aliphatic heterocycles. The van der Waals surface area contributed by atoms with E-state index < -0.39 is 10.0 Å². The predicted molar refractivity (Wildman–Crippen MR) is 82.7 cm³/mol. The third-order valence-corrected chi connectivity index (χ3v) is 5.40. The van der Waals surface area contributed by atoms with Gasteiger partial charge in [0.2, 0.25) is 10.0 Å². The Morgan fingerprint density at radius 2 is 1.90 bits per heavy atom. The minimum Gasteiger partial charge on any atom is -0.351 e. The van der Waals surface area contributed by atoms with Crippen molar-refractivity contribution in [3.63, 3.8) is 0 Å². The summed E-state index contributed by atoms with van der Waals surface area (Å²) in [7, 11) is -3.58. The summed E-state index contributed by atoms with van der Waals surface area (Å²) in [6, 6.07) is 4.69. The van der Waals surface area contributed by atoms with Crippen LogP contribution in [0.2, 0.25) is 0 Å². The van der Waals surface area contributed by atoms with Crippen molar-refractivity contribution in [1.29, 1.82) is 0 Å². The van der Waals surface area contributed by atoms with Gasteiger partial charge >= 0.3 is 0 Å². The first-order chi connectivity index (χ1) is 9.88. The zero-order valence-corrected chi connectivity index (χ0v) is 13.5. The highest BCUT2D eigenvalue weighted by Gasteiger charge is 2.24. The highest BCUT2D eigenvalue weighted by molar-refractivity contribution is 7.89. The van der Waals surface area contributed by atoms with E-state index in [9.17, 15) is 13.2 Å². The summed E-state index contributed by atoms with van der Waals surface area (Å²) < 4.78 is 26.5. The molecule has 0 atom stereocenters. The molecular formula is C14H23N3O3S. The van der Waals surface area contributed by atoms with E-state index in [0.29, 0.717) is 37.3 Å². The van der Waals surface area contributed by atoms with Gasteiger partial charge in [0.1, 0.15) is 0 Å². The fourth-order valence-electron chi connectivity index (χ4n) is 2.01. The largest absolute Gasteiger partial charge is 0.351 e. The zero-order valence-electron chi connectivity index (χ0n) is 12.7. The van der Waals surface area contributed by atoms with Gasteiger partial charge in [0.25, 0.3) is 5.91 Å². The second-order valence-corrected chi connectivity index (χ2v) is 6.52. The molecule has 7 heteroatoms. The van der Waals surface area contributed by atoms with Crippen molar-refractivity contribution in [1.82, 2.24) is 9.62 Å². The van der Waals surface area contributed by atoms with Crippen molar-refractivity contribution in [3.8, 4) is 0 Å². The minimum absolute atomic E-state index is 0.173. The van der Waals surface area contributed by atoms with Gasteiger partial charge in [0, 0.05) is 31.7 Å². The van der Waals surface area contributed by atoms with Crippen molar-refractivity contribution >= 4 is 15.9 Å². The molecule has 0 aliphatic rings. The Labute approximate surface area is 126 Å².